The molecule has 0 bridgehead atoms. The minimum atomic E-state index is 0.589. The van der Waals surface area contributed by atoms with Crippen LogP contribution in [0.15, 0.2) is 31.4 Å². The standard InChI is InChI=1S/C12H21N3/c1-3-4-6-12(2)14-7-5-9-15-10-8-13-11-15/h3,8,10-12,14H,1,4-7,9H2,2H3/t12-/m1/s1. The summed E-state index contributed by atoms with van der Waals surface area (Å²) in [4.78, 5) is 4.01. The number of aromatic nitrogens is 2. The average Bonchev–Trinajstić information content (AvgIpc) is 2.74. The zero-order valence-corrected chi connectivity index (χ0v) is 9.52. The first-order valence-corrected chi connectivity index (χ1v) is 5.63. The Kier molecular flexibility index (Phi) is 5.78. The Morgan fingerprint density at radius 2 is 2.47 bits per heavy atom. The van der Waals surface area contributed by atoms with Crippen molar-refractivity contribution in [1.29, 1.82) is 0 Å². The van der Waals surface area contributed by atoms with Crippen molar-refractivity contribution in [3.63, 3.8) is 0 Å². The number of rotatable bonds is 8. The van der Waals surface area contributed by atoms with Gasteiger partial charge in [0.05, 0.1) is 6.33 Å². The van der Waals surface area contributed by atoms with Crippen LogP contribution < -0.4 is 5.32 Å². The second kappa shape index (κ2) is 7.23. The number of allylic oxidation sites excluding steroid dienone is 1. The summed E-state index contributed by atoms with van der Waals surface area (Å²) in [5.74, 6) is 0. The Morgan fingerprint density at radius 3 is 3.13 bits per heavy atom. The minimum absolute atomic E-state index is 0.589. The number of hydrogen-bond acceptors (Lipinski definition) is 2. The SMILES string of the molecule is C=CCC[C@@H](C)NCCCn1ccnc1. The molecule has 0 saturated heterocycles. The molecular weight excluding hydrogens is 186 g/mol. The normalized spacial score (nSPS) is 12.6. The summed E-state index contributed by atoms with van der Waals surface area (Å²) in [6.45, 7) is 8.06. The summed E-state index contributed by atoms with van der Waals surface area (Å²) in [6.07, 6.45) is 11.1. The van der Waals surface area contributed by atoms with E-state index >= 15 is 0 Å². The van der Waals surface area contributed by atoms with E-state index in [0.29, 0.717) is 6.04 Å². The van der Waals surface area contributed by atoms with Gasteiger partial charge in [0, 0.05) is 25.0 Å². The first-order valence-electron chi connectivity index (χ1n) is 5.63. The van der Waals surface area contributed by atoms with E-state index in [9.17, 15) is 0 Å². The Morgan fingerprint density at radius 1 is 1.60 bits per heavy atom. The molecule has 1 rings (SSSR count). The van der Waals surface area contributed by atoms with E-state index in [2.05, 4.69) is 28.4 Å². The van der Waals surface area contributed by atoms with Crippen molar-refractivity contribution in [3.8, 4) is 0 Å². The molecule has 1 aromatic rings. The van der Waals surface area contributed by atoms with E-state index in [1.54, 1.807) is 0 Å². The van der Waals surface area contributed by atoms with E-state index in [1.165, 1.54) is 6.42 Å². The van der Waals surface area contributed by atoms with Crippen molar-refractivity contribution in [2.75, 3.05) is 6.54 Å². The van der Waals surface area contributed by atoms with Gasteiger partial charge in [0.2, 0.25) is 0 Å². The van der Waals surface area contributed by atoms with E-state index in [0.717, 1.165) is 25.9 Å². The molecule has 0 saturated carbocycles. The smallest absolute Gasteiger partial charge is 0.0945 e. The lowest BCUT2D eigenvalue weighted by Crippen LogP contribution is -2.27. The number of nitrogens with one attached hydrogen (secondary N) is 1. The largest absolute Gasteiger partial charge is 0.337 e. The maximum Gasteiger partial charge on any atom is 0.0945 e. The van der Waals surface area contributed by atoms with Gasteiger partial charge in [0.15, 0.2) is 0 Å². The van der Waals surface area contributed by atoms with Gasteiger partial charge in [-0.2, -0.15) is 0 Å². The molecule has 0 fully saturated rings. The van der Waals surface area contributed by atoms with Crippen LogP contribution >= 0.6 is 0 Å². The lowest BCUT2D eigenvalue weighted by molar-refractivity contribution is 0.492. The van der Waals surface area contributed by atoms with Gasteiger partial charge in [-0.05, 0) is 32.7 Å². The summed E-state index contributed by atoms with van der Waals surface area (Å²) in [7, 11) is 0. The molecule has 1 N–H and O–H groups in total. The number of nitrogens with zero attached hydrogens (tertiary/aromatic N) is 2. The quantitative estimate of drug-likeness (QED) is 0.523. The zero-order valence-electron chi connectivity index (χ0n) is 9.52. The van der Waals surface area contributed by atoms with Crippen LogP contribution in [-0.4, -0.2) is 22.1 Å². The van der Waals surface area contributed by atoms with Crippen molar-refractivity contribution in [1.82, 2.24) is 14.9 Å². The highest BCUT2D eigenvalue weighted by molar-refractivity contribution is 4.74. The fourth-order valence-corrected chi connectivity index (χ4v) is 1.50. The van der Waals surface area contributed by atoms with Gasteiger partial charge < -0.3 is 9.88 Å². The van der Waals surface area contributed by atoms with Crippen molar-refractivity contribution in [3.05, 3.63) is 31.4 Å². The lowest BCUT2D eigenvalue weighted by Gasteiger charge is -2.12. The maximum absolute atomic E-state index is 4.01. The lowest BCUT2D eigenvalue weighted by atomic mass is 10.2. The highest BCUT2D eigenvalue weighted by Crippen LogP contribution is 1.97. The van der Waals surface area contributed by atoms with E-state index < -0.39 is 0 Å². The molecule has 0 amide bonds. The van der Waals surface area contributed by atoms with Crippen LogP contribution in [0.5, 0.6) is 0 Å². The maximum atomic E-state index is 4.01. The average molecular weight is 207 g/mol. The van der Waals surface area contributed by atoms with Crippen LogP contribution in [0.4, 0.5) is 0 Å². The molecule has 1 heterocycles. The Bertz CT molecular complexity index is 254. The molecule has 84 valence electrons. The van der Waals surface area contributed by atoms with Gasteiger partial charge in [0.25, 0.3) is 0 Å². The zero-order chi connectivity index (χ0) is 10.9. The first-order chi connectivity index (χ1) is 7.33. The Hall–Kier alpha value is -1.09. The molecule has 3 nitrogen and oxygen atoms in total. The third kappa shape index (κ3) is 5.37. The number of hydrogen-bond donors (Lipinski definition) is 1. The Balaban J connectivity index is 1.99. The highest BCUT2D eigenvalue weighted by Gasteiger charge is 1.98. The van der Waals surface area contributed by atoms with Crippen LogP contribution in [0.3, 0.4) is 0 Å². The van der Waals surface area contributed by atoms with Gasteiger partial charge >= 0.3 is 0 Å². The summed E-state index contributed by atoms with van der Waals surface area (Å²) >= 11 is 0. The van der Waals surface area contributed by atoms with Gasteiger partial charge in [-0.25, -0.2) is 4.98 Å². The number of imidazole rings is 1. The second-order valence-electron chi connectivity index (χ2n) is 3.88. The van der Waals surface area contributed by atoms with Crippen molar-refractivity contribution < 1.29 is 0 Å². The van der Waals surface area contributed by atoms with Gasteiger partial charge in [-0.15, -0.1) is 6.58 Å². The summed E-state index contributed by atoms with van der Waals surface area (Å²) in [6, 6.07) is 0.589. The first kappa shape index (κ1) is 12.0. The topological polar surface area (TPSA) is 29.9 Å². The third-order valence-corrected chi connectivity index (χ3v) is 2.45. The molecular formula is C12H21N3. The van der Waals surface area contributed by atoms with Gasteiger partial charge in [-0.3, -0.25) is 0 Å². The third-order valence-electron chi connectivity index (χ3n) is 2.45. The minimum Gasteiger partial charge on any atom is -0.337 e. The summed E-state index contributed by atoms with van der Waals surface area (Å²) in [5.41, 5.74) is 0. The van der Waals surface area contributed by atoms with E-state index in [1.807, 2.05) is 24.8 Å². The predicted octanol–water partition coefficient (Wildman–Crippen LogP) is 2.22. The Labute approximate surface area is 92.2 Å². The molecule has 1 aromatic heterocycles. The van der Waals surface area contributed by atoms with Crippen molar-refractivity contribution in [2.45, 2.75) is 38.8 Å². The van der Waals surface area contributed by atoms with Crippen molar-refractivity contribution >= 4 is 0 Å². The molecule has 3 heteroatoms. The molecule has 0 unspecified atom stereocenters. The molecule has 1 atom stereocenters. The van der Waals surface area contributed by atoms with Crippen molar-refractivity contribution in [2.24, 2.45) is 0 Å². The summed E-state index contributed by atoms with van der Waals surface area (Å²) in [5, 5.41) is 3.50. The van der Waals surface area contributed by atoms with Crippen LogP contribution in [0.1, 0.15) is 26.2 Å². The fraction of sp³-hybridized carbons (Fsp3) is 0.583. The molecule has 0 spiro atoms. The molecule has 0 aliphatic heterocycles. The molecule has 15 heavy (non-hydrogen) atoms. The fourth-order valence-electron chi connectivity index (χ4n) is 1.50. The second-order valence-corrected chi connectivity index (χ2v) is 3.88. The van der Waals surface area contributed by atoms with Crippen LogP contribution in [0.25, 0.3) is 0 Å². The highest BCUT2D eigenvalue weighted by atomic mass is 15.0. The molecule has 0 aromatic carbocycles. The van der Waals surface area contributed by atoms with E-state index in [-0.39, 0.29) is 0 Å². The number of aryl methyl sites for hydroxylation is 1. The van der Waals surface area contributed by atoms with Crippen LogP contribution in [-0.2, 0) is 6.54 Å². The monoisotopic (exact) mass is 207 g/mol. The van der Waals surface area contributed by atoms with Gasteiger partial charge in [-0.1, -0.05) is 6.08 Å². The molecule has 0 aliphatic carbocycles. The summed E-state index contributed by atoms with van der Waals surface area (Å²) < 4.78 is 2.11. The van der Waals surface area contributed by atoms with Gasteiger partial charge in [0.1, 0.15) is 0 Å². The molecule has 0 aliphatic rings. The molecule has 0 radical (unpaired) electrons. The predicted molar refractivity (Wildman–Crippen MR) is 63.7 cm³/mol. The van der Waals surface area contributed by atoms with Crippen LogP contribution in [0, 0.1) is 0 Å². The van der Waals surface area contributed by atoms with E-state index in [4.69, 9.17) is 0 Å². The van der Waals surface area contributed by atoms with Crippen LogP contribution in [0.2, 0.25) is 0 Å².